The smallest absolute Gasteiger partial charge is 0.247 e. The first-order valence-electron chi connectivity index (χ1n) is 5.98. The Labute approximate surface area is 111 Å². The van der Waals surface area contributed by atoms with Crippen molar-refractivity contribution >= 4 is 5.91 Å². The first-order valence-corrected chi connectivity index (χ1v) is 5.98. The Morgan fingerprint density at radius 3 is 2.58 bits per heavy atom. The van der Waals surface area contributed by atoms with Crippen molar-refractivity contribution in [3.63, 3.8) is 0 Å². The Balaban J connectivity index is 2.01. The first-order chi connectivity index (χ1) is 8.97. The topological polar surface area (TPSA) is 80.9 Å². The van der Waals surface area contributed by atoms with Crippen LogP contribution < -0.4 is 5.32 Å². The summed E-state index contributed by atoms with van der Waals surface area (Å²) in [7, 11) is 0. The molecule has 100 valence electrons. The van der Waals surface area contributed by atoms with Crippen LogP contribution >= 0.6 is 0 Å². The summed E-state index contributed by atoms with van der Waals surface area (Å²) < 4.78 is 5.47. The monoisotopic (exact) mass is 260 g/mol. The fourth-order valence-corrected chi connectivity index (χ4v) is 1.36. The van der Waals surface area contributed by atoms with Crippen molar-refractivity contribution in [3.8, 4) is 11.5 Å². The Morgan fingerprint density at radius 2 is 1.95 bits per heavy atom. The van der Waals surface area contributed by atoms with E-state index in [1.165, 1.54) is 0 Å². The lowest BCUT2D eigenvalue weighted by atomic mass is 9.96. The van der Waals surface area contributed by atoms with Gasteiger partial charge in [-0.15, -0.1) is 10.2 Å². The van der Waals surface area contributed by atoms with E-state index >= 15 is 0 Å². The van der Waals surface area contributed by atoms with Gasteiger partial charge in [-0.1, -0.05) is 20.8 Å². The van der Waals surface area contributed by atoms with Crippen molar-refractivity contribution in [2.45, 2.75) is 27.3 Å². The van der Waals surface area contributed by atoms with E-state index < -0.39 is 5.41 Å². The van der Waals surface area contributed by atoms with Crippen LogP contribution in [0.1, 0.15) is 26.7 Å². The molecule has 0 unspecified atom stereocenters. The fourth-order valence-electron chi connectivity index (χ4n) is 1.36. The van der Waals surface area contributed by atoms with Crippen molar-refractivity contribution in [2.75, 3.05) is 0 Å². The van der Waals surface area contributed by atoms with Gasteiger partial charge >= 0.3 is 0 Å². The Kier molecular flexibility index (Phi) is 3.59. The van der Waals surface area contributed by atoms with E-state index in [0.29, 0.717) is 11.8 Å². The van der Waals surface area contributed by atoms with Crippen LogP contribution in [0, 0.1) is 5.41 Å². The molecule has 0 aliphatic heterocycles. The molecule has 0 aliphatic carbocycles. The summed E-state index contributed by atoms with van der Waals surface area (Å²) in [5.41, 5.74) is 0.365. The molecule has 1 amide bonds. The molecule has 19 heavy (non-hydrogen) atoms. The van der Waals surface area contributed by atoms with E-state index in [9.17, 15) is 4.79 Å². The molecule has 6 nitrogen and oxygen atoms in total. The maximum atomic E-state index is 11.7. The molecule has 2 heterocycles. The zero-order valence-electron chi connectivity index (χ0n) is 11.2. The summed E-state index contributed by atoms with van der Waals surface area (Å²) in [5.74, 6) is 0.739. The van der Waals surface area contributed by atoms with Crippen LogP contribution in [-0.2, 0) is 11.3 Å². The van der Waals surface area contributed by atoms with Crippen LogP contribution in [0.25, 0.3) is 11.5 Å². The molecule has 0 aliphatic rings. The highest BCUT2D eigenvalue weighted by atomic mass is 16.4. The second kappa shape index (κ2) is 5.17. The largest absolute Gasteiger partial charge is 0.419 e. The van der Waals surface area contributed by atoms with Gasteiger partial charge in [0.15, 0.2) is 0 Å². The summed E-state index contributed by atoms with van der Waals surface area (Å²) in [6.07, 6.45) is 3.31. The van der Waals surface area contributed by atoms with Gasteiger partial charge in [-0.05, 0) is 12.1 Å². The summed E-state index contributed by atoms with van der Waals surface area (Å²) in [6.45, 7) is 5.77. The van der Waals surface area contributed by atoms with Crippen LogP contribution in [0.15, 0.2) is 28.9 Å². The number of carbonyl (C=O) groups is 1. The first kappa shape index (κ1) is 13.2. The number of nitrogens with one attached hydrogen (secondary N) is 1. The van der Waals surface area contributed by atoms with E-state index in [1.807, 2.05) is 20.8 Å². The van der Waals surface area contributed by atoms with Gasteiger partial charge in [0, 0.05) is 23.4 Å². The van der Waals surface area contributed by atoms with Gasteiger partial charge in [-0.25, -0.2) is 0 Å². The summed E-state index contributed by atoms with van der Waals surface area (Å²) in [4.78, 5) is 15.6. The highest BCUT2D eigenvalue weighted by Gasteiger charge is 2.21. The van der Waals surface area contributed by atoms with E-state index in [1.54, 1.807) is 24.5 Å². The predicted molar refractivity (Wildman–Crippen MR) is 68.8 cm³/mol. The number of aromatic nitrogens is 3. The lowest BCUT2D eigenvalue weighted by Crippen LogP contribution is -2.34. The molecule has 0 bridgehead atoms. The predicted octanol–water partition coefficient (Wildman–Crippen LogP) is 1.79. The van der Waals surface area contributed by atoms with Crippen LogP contribution in [0.3, 0.4) is 0 Å². The van der Waals surface area contributed by atoms with Crippen molar-refractivity contribution < 1.29 is 9.21 Å². The van der Waals surface area contributed by atoms with Gasteiger partial charge in [0.1, 0.15) is 0 Å². The highest BCUT2D eigenvalue weighted by Crippen LogP contribution is 2.17. The quantitative estimate of drug-likeness (QED) is 0.910. The number of hydrogen-bond donors (Lipinski definition) is 1. The van der Waals surface area contributed by atoms with Gasteiger partial charge in [0.2, 0.25) is 17.7 Å². The van der Waals surface area contributed by atoms with Crippen molar-refractivity contribution in [1.29, 1.82) is 0 Å². The lowest BCUT2D eigenvalue weighted by molar-refractivity contribution is -0.128. The van der Waals surface area contributed by atoms with Crippen molar-refractivity contribution in [2.24, 2.45) is 5.41 Å². The van der Waals surface area contributed by atoms with Crippen LogP contribution in [0.5, 0.6) is 0 Å². The van der Waals surface area contributed by atoms with Crippen LogP contribution in [0.4, 0.5) is 0 Å². The molecule has 0 atom stereocenters. The number of nitrogens with zero attached hydrogens (tertiary/aromatic N) is 3. The van der Waals surface area contributed by atoms with Gasteiger partial charge in [0.25, 0.3) is 0 Å². The summed E-state index contributed by atoms with van der Waals surface area (Å²) in [6, 6.07) is 3.57. The molecule has 0 radical (unpaired) electrons. The molecule has 2 rings (SSSR count). The third kappa shape index (κ3) is 3.37. The third-order valence-electron chi connectivity index (χ3n) is 2.48. The standard InChI is InChI=1S/C13H16N4O2/c1-13(2,3)12(18)15-8-10-16-17-11(19-10)9-4-6-14-7-5-9/h4-7H,8H2,1-3H3,(H,15,18). The van der Waals surface area contributed by atoms with E-state index in [0.717, 1.165) is 5.56 Å². The lowest BCUT2D eigenvalue weighted by Gasteiger charge is -2.16. The zero-order chi connectivity index (χ0) is 13.9. The van der Waals surface area contributed by atoms with E-state index in [2.05, 4.69) is 20.5 Å². The molecule has 0 spiro atoms. The summed E-state index contributed by atoms with van der Waals surface area (Å²) in [5, 5.41) is 10.6. The molecular formula is C13H16N4O2. The van der Waals surface area contributed by atoms with E-state index in [-0.39, 0.29) is 12.5 Å². The van der Waals surface area contributed by atoms with Crippen LogP contribution in [0.2, 0.25) is 0 Å². The Hall–Kier alpha value is -2.24. The molecular weight excluding hydrogens is 244 g/mol. The number of pyridine rings is 1. The number of hydrogen-bond acceptors (Lipinski definition) is 5. The average molecular weight is 260 g/mol. The normalized spacial score (nSPS) is 11.3. The molecule has 2 aromatic heterocycles. The summed E-state index contributed by atoms with van der Waals surface area (Å²) >= 11 is 0. The SMILES string of the molecule is CC(C)(C)C(=O)NCc1nnc(-c2ccncc2)o1. The van der Waals surface area contributed by atoms with Gasteiger partial charge in [-0.2, -0.15) is 0 Å². The minimum Gasteiger partial charge on any atom is -0.419 e. The highest BCUT2D eigenvalue weighted by molar-refractivity contribution is 5.81. The fraction of sp³-hybridized carbons (Fsp3) is 0.385. The second-order valence-corrected chi connectivity index (χ2v) is 5.17. The van der Waals surface area contributed by atoms with Gasteiger partial charge in [-0.3, -0.25) is 9.78 Å². The minimum absolute atomic E-state index is 0.0591. The Bertz CT molecular complexity index is 558. The van der Waals surface area contributed by atoms with E-state index in [4.69, 9.17) is 4.42 Å². The molecule has 0 aromatic carbocycles. The van der Waals surface area contributed by atoms with Gasteiger partial charge in [0.05, 0.1) is 6.54 Å². The number of rotatable bonds is 3. The minimum atomic E-state index is -0.437. The molecule has 6 heteroatoms. The van der Waals surface area contributed by atoms with Crippen molar-refractivity contribution in [3.05, 3.63) is 30.4 Å². The maximum Gasteiger partial charge on any atom is 0.247 e. The molecule has 0 fully saturated rings. The molecule has 0 saturated carbocycles. The van der Waals surface area contributed by atoms with Crippen molar-refractivity contribution in [1.82, 2.24) is 20.5 Å². The number of carbonyl (C=O) groups excluding carboxylic acids is 1. The molecule has 1 N–H and O–H groups in total. The Morgan fingerprint density at radius 1 is 1.26 bits per heavy atom. The maximum absolute atomic E-state index is 11.7. The second-order valence-electron chi connectivity index (χ2n) is 5.17. The average Bonchev–Trinajstić information content (AvgIpc) is 2.84. The number of amides is 1. The zero-order valence-corrected chi connectivity index (χ0v) is 11.2. The third-order valence-corrected chi connectivity index (χ3v) is 2.48. The van der Waals surface area contributed by atoms with Gasteiger partial charge < -0.3 is 9.73 Å². The molecule has 2 aromatic rings. The molecule has 0 saturated heterocycles. The van der Waals surface area contributed by atoms with Crippen LogP contribution in [-0.4, -0.2) is 21.1 Å².